The summed E-state index contributed by atoms with van der Waals surface area (Å²) in [5.41, 5.74) is 0. The topological polar surface area (TPSA) is 210 Å². The maximum Gasteiger partial charge on any atom is 0.472 e. The molecule has 1 aliphatic rings. The first-order chi connectivity index (χ1) is 30.4. The molecule has 0 saturated heterocycles. The van der Waals surface area contributed by atoms with Crippen LogP contribution in [0.1, 0.15) is 168 Å². The molecule has 1 fully saturated rings. The number of phosphoric ester groups is 1. The average molecular weight is 911 g/mol. The van der Waals surface area contributed by atoms with Gasteiger partial charge in [-0.2, -0.15) is 0 Å². The predicted octanol–water partition coefficient (Wildman–Crippen LogP) is 9.50. The molecule has 63 heavy (non-hydrogen) atoms. The number of unbranched alkanes of at least 4 members (excludes halogenated alkanes) is 14. The molecule has 0 aromatic rings. The highest BCUT2D eigenvalue weighted by Gasteiger charge is 2.51. The van der Waals surface area contributed by atoms with Crippen molar-refractivity contribution >= 4 is 19.8 Å². The van der Waals surface area contributed by atoms with Gasteiger partial charge in [0.1, 0.15) is 43.2 Å². The lowest BCUT2D eigenvalue weighted by Crippen LogP contribution is -2.64. The van der Waals surface area contributed by atoms with Crippen LogP contribution in [0.3, 0.4) is 0 Å². The summed E-state index contributed by atoms with van der Waals surface area (Å²) >= 11 is 0. The number of rotatable bonds is 38. The summed E-state index contributed by atoms with van der Waals surface area (Å²) in [6.45, 7) is 3.12. The van der Waals surface area contributed by atoms with Crippen molar-refractivity contribution in [2.75, 3.05) is 13.2 Å². The second-order valence-electron chi connectivity index (χ2n) is 16.2. The van der Waals surface area contributed by atoms with Gasteiger partial charge in [0.15, 0.2) is 6.10 Å². The van der Waals surface area contributed by atoms with Crippen molar-refractivity contribution in [1.82, 2.24) is 0 Å². The summed E-state index contributed by atoms with van der Waals surface area (Å²) in [6.07, 6.45) is 35.3. The fourth-order valence-corrected chi connectivity index (χ4v) is 7.69. The van der Waals surface area contributed by atoms with E-state index in [1.807, 2.05) is 6.08 Å². The third-order valence-electron chi connectivity index (χ3n) is 10.5. The van der Waals surface area contributed by atoms with Crippen molar-refractivity contribution in [3.8, 4) is 0 Å². The van der Waals surface area contributed by atoms with Crippen LogP contribution >= 0.6 is 7.82 Å². The standard InChI is InChI=1S/C49H83O13P/c1-3-5-7-9-11-13-15-17-19-20-21-22-24-25-27-29-31-33-35-37-42(50)59-39-41(40-60-63(57,58)62-49-47(55)45(53)44(52)46(54)48(49)56)61-43(51)38-36-34-32-30-28-26-23-18-16-14-12-10-8-6-4-2/h6,8,11-14,17-19,23,28,30,41,44-49,52-56H,3-5,7,9-10,15-16,20-22,24-27,29,31-40H2,1-2H3,(H,57,58)/b8-6-,13-11-,14-12-,19-17-,23-18-,30-28-. The number of carbonyl (C=O) groups is 2. The van der Waals surface area contributed by atoms with Crippen LogP contribution in [0, 0.1) is 0 Å². The molecule has 1 saturated carbocycles. The van der Waals surface area contributed by atoms with Crippen molar-refractivity contribution in [3.63, 3.8) is 0 Å². The third kappa shape index (κ3) is 31.0. The first-order valence-corrected chi connectivity index (χ1v) is 25.2. The van der Waals surface area contributed by atoms with Gasteiger partial charge in [-0.3, -0.25) is 18.6 Å². The molecule has 0 radical (unpaired) electrons. The van der Waals surface area contributed by atoms with E-state index in [2.05, 4.69) is 80.7 Å². The van der Waals surface area contributed by atoms with Crippen molar-refractivity contribution in [1.29, 1.82) is 0 Å². The van der Waals surface area contributed by atoms with Crippen molar-refractivity contribution in [2.45, 2.75) is 211 Å². The van der Waals surface area contributed by atoms with Gasteiger partial charge in [-0.15, -0.1) is 0 Å². The minimum absolute atomic E-state index is 0.0402. The monoisotopic (exact) mass is 911 g/mol. The Kier molecular flexibility index (Phi) is 35.7. The molecule has 362 valence electrons. The molecule has 13 nitrogen and oxygen atoms in total. The lowest BCUT2D eigenvalue weighted by Gasteiger charge is -2.41. The number of hydrogen-bond acceptors (Lipinski definition) is 12. The number of carbonyl (C=O) groups excluding carboxylic acids is 2. The van der Waals surface area contributed by atoms with Crippen LogP contribution in [-0.2, 0) is 32.7 Å². The number of ether oxygens (including phenoxy) is 2. The van der Waals surface area contributed by atoms with Crippen LogP contribution in [0.5, 0.6) is 0 Å². The lowest BCUT2D eigenvalue weighted by molar-refractivity contribution is -0.220. The maximum absolute atomic E-state index is 12.8. The fourth-order valence-electron chi connectivity index (χ4n) is 6.72. The lowest BCUT2D eigenvalue weighted by atomic mass is 9.85. The van der Waals surface area contributed by atoms with E-state index in [0.29, 0.717) is 19.3 Å². The Balaban J connectivity index is 2.46. The molecule has 6 atom stereocenters. The number of allylic oxidation sites excluding steroid dienone is 12. The Labute approximate surface area is 378 Å². The number of aliphatic hydroxyl groups is 5. The molecule has 1 rings (SSSR count). The molecule has 6 unspecified atom stereocenters. The smallest absolute Gasteiger partial charge is 0.462 e. The van der Waals surface area contributed by atoms with Crippen molar-refractivity contribution in [3.05, 3.63) is 72.9 Å². The van der Waals surface area contributed by atoms with Crippen LogP contribution in [0.15, 0.2) is 72.9 Å². The number of aliphatic hydroxyl groups excluding tert-OH is 5. The van der Waals surface area contributed by atoms with Crippen LogP contribution in [0.2, 0.25) is 0 Å². The first-order valence-electron chi connectivity index (χ1n) is 23.7. The van der Waals surface area contributed by atoms with E-state index in [1.54, 1.807) is 0 Å². The van der Waals surface area contributed by atoms with Crippen molar-refractivity contribution in [2.24, 2.45) is 0 Å². The third-order valence-corrected chi connectivity index (χ3v) is 11.5. The van der Waals surface area contributed by atoms with E-state index in [4.69, 9.17) is 18.5 Å². The molecular formula is C49H83O13P. The highest BCUT2D eigenvalue weighted by molar-refractivity contribution is 7.47. The Morgan fingerprint density at radius 3 is 1.41 bits per heavy atom. The summed E-state index contributed by atoms with van der Waals surface area (Å²) < 4.78 is 33.5. The zero-order valence-electron chi connectivity index (χ0n) is 38.3. The fraction of sp³-hybridized carbons (Fsp3) is 0.714. The molecule has 0 heterocycles. The summed E-state index contributed by atoms with van der Waals surface area (Å²) in [7, 11) is -5.14. The van der Waals surface area contributed by atoms with Gasteiger partial charge in [0.25, 0.3) is 0 Å². The number of hydrogen-bond donors (Lipinski definition) is 6. The van der Waals surface area contributed by atoms with Gasteiger partial charge in [0.05, 0.1) is 6.61 Å². The van der Waals surface area contributed by atoms with Gasteiger partial charge < -0.3 is 39.9 Å². The summed E-state index contributed by atoms with van der Waals surface area (Å²) in [5, 5.41) is 50.2. The second kappa shape index (κ2) is 38.5. The van der Waals surface area contributed by atoms with E-state index in [-0.39, 0.29) is 12.8 Å². The van der Waals surface area contributed by atoms with Gasteiger partial charge in [0.2, 0.25) is 0 Å². The molecule has 6 N–H and O–H groups in total. The Bertz CT molecular complexity index is 1380. The molecule has 0 spiro atoms. The molecule has 0 bridgehead atoms. The molecule has 14 heteroatoms. The van der Waals surface area contributed by atoms with E-state index < -0.39 is 75.7 Å². The maximum atomic E-state index is 12.8. The van der Waals surface area contributed by atoms with Gasteiger partial charge in [-0.05, 0) is 83.5 Å². The van der Waals surface area contributed by atoms with E-state index in [0.717, 1.165) is 70.6 Å². The Morgan fingerprint density at radius 1 is 0.508 bits per heavy atom. The molecular weight excluding hydrogens is 828 g/mol. The van der Waals surface area contributed by atoms with Crippen LogP contribution in [-0.4, -0.2) is 98.3 Å². The first kappa shape index (κ1) is 58.3. The minimum Gasteiger partial charge on any atom is -0.462 e. The summed E-state index contributed by atoms with van der Waals surface area (Å²) in [6, 6.07) is 0. The van der Waals surface area contributed by atoms with E-state index >= 15 is 0 Å². The molecule has 0 amide bonds. The molecule has 0 aromatic heterocycles. The Morgan fingerprint density at radius 2 is 0.905 bits per heavy atom. The average Bonchev–Trinajstić information content (AvgIpc) is 3.26. The minimum atomic E-state index is -5.14. The normalized spacial score (nSPS) is 22.3. The molecule has 0 aliphatic heterocycles. The van der Waals surface area contributed by atoms with Crippen LogP contribution in [0.4, 0.5) is 0 Å². The zero-order valence-corrected chi connectivity index (χ0v) is 39.2. The van der Waals surface area contributed by atoms with Crippen LogP contribution < -0.4 is 0 Å². The van der Waals surface area contributed by atoms with Gasteiger partial charge in [0, 0.05) is 12.8 Å². The van der Waals surface area contributed by atoms with Gasteiger partial charge >= 0.3 is 19.8 Å². The van der Waals surface area contributed by atoms with E-state index in [1.165, 1.54) is 51.4 Å². The Hall–Kier alpha value is -2.71. The molecule has 0 aromatic carbocycles. The van der Waals surface area contributed by atoms with Crippen molar-refractivity contribution < 1.29 is 63.1 Å². The number of esters is 2. The van der Waals surface area contributed by atoms with Gasteiger partial charge in [-0.1, -0.05) is 145 Å². The number of phosphoric acid groups is 1. The highest BCUT2D eigenvalue weighted by Crippen LogP contribution is 2.47. The zero-order chi connectivity index (χ0) is 46.4. The molecule has 1 aliphatic carbocycles. The van der Waals surface area contributed by atoms with E-state index in [9.17, 15) is 44.6 Å². The van der Waals surface area contributed by atoms with Crippen LogP contribution in [0.25, 0.3) is 0 Å². The second-order valence-corrected chi connectivity index (χ2v) is 17.6. The predicted molar refractivity (Wildman–Crippen MR) is 249 cm³/mol. The SMILES string of the molecule is CC/C=C\C/C=C\C/C=C\C/C=C\CCCCC(=O)OC(COC(=O)CCCCCCCCCCC/C=C\C/C=C\CCCCC)COP(=O)(O)OC1C(O)C(O)C(O)C(O)C1O. The van der Waals surface area contributed by atoms with Gasteiger partial charge in [-0.25, -0.2) is 4.57 Å². The largest absolute Gasteiger partial charge is 0.472 e. The summed E-state index contributed by atoms with van der Waals surface area (Å²) in [5.74, 6) is -1.16. The quantitative estimate of drug-likeness (QED) is 0.0148. The highest BCUT2D eigenvalue weighted by atomic mass is 31.2. The summed E-state index contributed by atoms with van der Waals surface area (Å²) in [4.78, 5) is 35.7.